The molecule has 0 aromatic heterocycles. The molecular weight excluding hydrogens is 304 g/mol. The Labute approximate surface area is 130 Å². The van der Waals surface area contributed by atoms with Gasteiger partial charge in [0.1, 0.15) is 0 Å². The van der Waals surface area contributed by atoms with Crippen molar-refractivity contribution in [2.45, 2.75) is 31.1 Å². The summed E-state index contributed by atoms with van der Waals surface area (Å²) in [5.74, 6) is -0.680. The quantitative estimate of drug-likeness (QED) is 0.650. The van der Waals surface area contributed by atoms with Crippen LogP contribution < -0.4 is 5.48 Å². The van der Waals surface area contributed by atoms with Crippen molar-refractivity contribution >= 4 is 15.9 Å². The van der Waals surface area contributed by atoms with Crippen LogP contribution in [0.4, 0.5) is 0 Å². The molecule has 0 radical (unpaired) electrons. The second kappa shape index (κ2) is 5.83. The van der Waals surface area contributed by atoms with Crippen LogP contribution in [0.3, 0.4) is 0 Å². The van der Waals surface area contributed by atoms with Crippen molar-refractivity contribution in [3.8, 4) is 0 Å². The van der Waals surface area contributed by atoms with E-state index in [9.17, 15) is 13.2 Å². The molecule has 1 aliphatic heterocycles. The summed E-state index contributed by atoms with van der Waals surface area (Å²) in [5.41, 5.74) is 2.74. The lowest BCUT2D eigenvalue weighted by molar-refractivity contribution is -0.125. The normalized spacial score (nSPS) is 16.5. The predicted octanol–water partition coefficient (Wildman–Crippen LogP) is 1.42. The third-order valence-electron chi connectivity index (χ3n) is 3.64. The van der Waals surface area contributed by atoms with Crippen LogP contribution in [0.2, 0.25) is 0 Å². The molecule has 2 rings (SSSR count). The van der Waals surface area contributed by atoms with E-state index in [2.05, 4.69) is 20.8 Å². The van der Waals surface area contributed by atoms with Gasteiger partial charge >= 0.3 is 0 Å². The van der Waals surface area contributed by atoms with Gasteiger partial charge in [-0.25, -0.2) is 13.9 Å². The minimum Gasteiger partial charge on any atom is -0.288 e. The molecule has 0 saturated heterocycles. The van der Waals surface area contributed by atoms with Crippen LogP contribution in [0.1, 0.15) is 26.3 Å². The van der Waals surface area contributed by atoms with E-state index in [1.807, 2.05) is 0 Å². The smallest absolute Gasteiger partial charge is 0.271 e. The van der Waals surface area contributed by atoms with Crippen LogP contribution >= 0.6 is 0 Å². The number of hydroxylamine groups is 1. The van der Waals surface area contributed by atoms with Crippen LogP contribution in [0, 0.1) is 0 Å². The maximum Gasteiger partial charge on any atom is 0.271 e. The molecule has 0 atom stereocenters. The van der Waals surface area contributed by atoms with Gasteiger partial charge in [-0.15, -0.1) is 0 Å². The highest BCUT2D eigenvalue weighted by Gasteiger charge is 2.30. The Morgan fingerprint density at radius 3 is 2.32 bits per heavy atom. The van der Waals surface area contributed by atoms with Crippen molar-refractivity contribution in [3.05, 3.63) is 41.5 Å². The van der Waals surface area contributed by atoms with E-state index in [0.29, 0.717) is 0 Å². The lowest BCUT2D eigenvalue weighted by Crippen LogP contribution is -2.31. The fourth-order valence-corrected chi connectivity index (χ4v) is 3.58. The second-order valence-corrected chi connectivity index (χ2v) is 8.18. The number of carbonyl (C=O) groups is 1. The molecule has 1 aromatic carbocycles. The third-order valence-corrected chi connectivity index (χ3v) is 5.47. The van der Waals surface area contributed by atoms with Crippen molar-refractivity contribution < 1.29 is 18.4 Å². The minimum absolute atomic E-state index is 0.0459. The first-order valence-corrected chi connectivity index (χ1v) is 8.34. The molecule has 0 spiro atoms. The van der Waals surface area contributed by atoms with Gasteiger partial charge in [-0.05, 0) is 23.1 Å². The second-order valence-electron chi connectivity index (χ2n) is 6.24. The highest BCUT2D eigenvalue weighted by molar-refractivity contribution is 7.89. The molecular formula is C15H20N2O4S. The van der Waals surface area contributed by atoms with Crippen LogP contribution in [0.25, 0.3) is 0 Å². The van der Waals surface area contributed by atoms with E-state index in [0.717, 1.165) is 5.56 Å². The summed E-state index contributed by atoms with van der Waals surface area (Å²) in [6, 6.07) is 6.77. The molecule has 0 bridgehead atoms. The summed E-state index contributed by atoms with van der Waals surface area (Å²) in [7, 11) is -3.66. The molecule has 22 heavy (non-hydrogen) atoms. The van der Waals surface area contributed by atoms with Crippen LogP contribution in [-0.4, -0.2) is 36.9 Å². The van der Waals surface area contributed by atoms with Gasteiger partial charge in [-0.2, -0.15) is 4.31 Å². The molecule has 0 aliphatic carbocycles. The first-order chi connectivity index (χ1) is 10.2. The van der Waals surface area contributed by atoms with Gasteiger partial charge in [0.15, 0.2) is 0 Å². The number of hydrogen-bond acceptors (Lipinski definition) is 4. The van der Waals surface area contributed by atoms with Crippen molar-refractivity contribution in [1.82, 2.24) is 9.79 Å². The number of carbonyl (C=O) groups excluding carboxylic acids is 1. The summed E-state index contributed by atoms with van der Waals surface area (Å²) >= 11 is 0. The number of rotatable bonds is 3. The maximum atomic E-state index is 12.6. The molecule has 7 heteroatoms. The van der Waals surface area contributed by atoms with Crippen LogP contribution in [0.5, 0.6) is 0 Å². The van der Waals surface area contributed by atoms with E-state index in [1.165, 1.54) is 15.9 Å². The molecule has 0 fully saturated rings. The maximum absolute atomic E-state index is 12.6. The van der Waals surface area contributed by atoms with E-state index < -0.39 is 15.9 Å². The summed E-state index contributed by atoms with van der Waals surface area (Å²) < 4.78 is 26.3. The average molecular weight is 324 g/mol. The number of sulfonamides is 1. The van der Waals surface area contributed by atoms with Gasteiger partial charge < -0.3 is 0 Å². The average Bonchev–Trinajstić information content (AvgIpc) is 2.96. The Morgan fingerprint density at radius 2 is 1.82 bits per heavy atom. The number of amides is 1. The number of benzene rings is 1. The Kier molecular flexibility index (Phi) is 4.42. The van der Waals surface area contributed by atoms with Gasteiger partial charge in [-0.1, -0.05) is 39.0 Å². The molecule has 1 heterocycles. The molecule has 0 saturated carbocycles. The molecule has 6 nitrogen and oxygen atoms in total. The Balaban J connectivity index is 2.20. The van der Waals surface area contributed by atoms with E-state index in [4.69, 9.17) is 5.21 Å². The van der Waals surface area contributed by atoms with Crippen LogP contribution in [-0.2, 0) is 20.2 Å². The number of nitrogens with one attached hydrogen (secondary N) is 1. The zero-order chi connectivity index (χ0) is 16.5. The Morgan fingerprint density at radius 1 is 1.23 bits per heavy atom. The summed E-state index contributed by atoms with van der Waals surface area (Å²) in [5, 5.41) is 8.60. The highest BCUT2D eigenvalue weighted by Crippen LogP contribution is 2.26. The molecule has 0 unspecified atom stereocenters. The van der Waals surface area contributed by atoms with E-state index in [1.54, 1.807) is 24.3 Å². The van der Waals surface area contributed by atoms with Gasteiger partial charge in [0, 0.05) is 18.7 Å². The zero-order valence-electron chi connectivity index (χ0n) is 12.8. The topological polar surface area (TPSA) is 86.7 Å². The standard InChI is InChI=1S/C15H20N2O4S/c1-15(2,3)12-4-6-13(7-5-12)22(20,21)17-9-8-11(10-17)14(18)16-19/h4-8,19H,9-10H2,1-3H3,(H,16,18). The van der Waals surface area contributed by atoms with Gasteiger partial charge in [0.2, 0.25) is 10.0 Å². The van der Waals surface area contributed by atoms with E-state index >= 15 is 0 Å². The lowest BCUT2D eigenvalue weighted by atomic mass is 9.87. The van der Waals surface area contributed by atoms with Gasteiger partial charge in [0.05, 0.1) is 4.90 Å². The fraction of sp³-hybridized carbons (Fsp3) is 0.400. The van der Waals surface area contributed by atoms with Crippen molar-refractivity contribution in [3.63, 3.8) is 0 Å². The monoisotopic (exact) mass is 324 g/mol. The van der Waals surface area contributed by atoms with Gasteiger partial charge in [0.25, 0.3) is 5.91 Å². The summed E-state index contributed by atoms with van der Waals surface area (Å²) in [6.07, 6.45) is 1.49. The fourth-order valence-electron chi connectivity index (χ4n) is 2.23. The zero-order valence-corrected chi connectivity index (χ0v) is 13.6. The predicted molar refractivity (Wildman–Crippen MR) is 81.9 cm³/mol. The summed E-state index contributed by atoms with van der Waals surface area (Å²) in [4.78, 5) is 11.5. The largest absolute Gasteiger partial charge is 0.288 e. The Bertz CT molecular complexity index is 700. The molecule has 120 valence electrons. The lowest BCUT2D eigenvalue weighted by Gasteiger charge is -2.20. The van der Waals surface area contributed by atoms with Crippen molar-refractivity contribution in [1.29, 1.82) is 0 Å². The third kappa shape index (κ3) is 3.21. The molecule has 2 N–H and O–H groups in total. The number of hydrogen-bond donors (Lipinski definition) is 2. The molecule has 1 aliphatic rings. The first kappa shape index (κ1) is 16.7. The first-order valence-electron chi connectivity index (χ1n) is 6.90. The van der Waals surface area contributed by atoms with E-state index in [-0.39, 0.29) is 29.0 Å². The van der Waals surface area contributed by atoms with Crippen molar-refractivity contribution in [2.24, 2.45) is 0 Å². The van der Waals surface area contributed by atoms with Crippen molar-refractivity contribution in [2.75, 3.05) is 13.1 Å². The van der Waals surface area contributed by atoms with Crippen LogP contribution in [0.15, 0.2) is 40.8 Å². The SMILES string of the molecule is CC(C)(C)c1ccc(S(=O)(=O)N2CC=C(C(=O)NO)C2)cc1. The minimum atomic E-state index is -3.66. The summed E-state index contributed by atoms with van der Waals surface area (Å²) in [6.45, 7) is 6.24. The highest BCUT2D eigenvalue weighted by atomic mass is 32.2. The Hall–Kier alpha value is -1.70. The van der Waals surface area contributed by atoms with Gasteiger partial charge in [-0.3, -0.25) is 10.0 Å². The molecule has 1 aromatic rings. The molecule has 1 amide bonds. The number of nitrogens with zero attached hydrogens (tertiary/aromatic N) is 1.